The molecule has 0 fully saturated rings. The smallest absolute Gasteiger partial charge is 0.232 e. The molecular weight excluding hydrogens is 272 g/mol. The van der Waals surface area contributed by atoms with E-state index in [2.05, 4.69) is 10.3 Å². The Labute approximate surface area is 124 Å². The zero-order valence-electron chi connectivity index (χ0n) is 11.3. The first-order chi connectivity index (χ1) is 9.79. The predicted octanol–water partition coefficient (Wildman–Crippen LogP) is 3.55. The maximum atomic E-state index is 6.12. The third-order valence-corrected chi connectivity index (χ3v) is 2.94. The Kier molecular flexibility index (Phi) is 5.59. The summed E-state index contributed by atoms with van der Waals surface area (Å²) in [5, 5.41) is 3.58. The molecule has 1 aromatic carbocycles. The van der Waals surface area contributed by atoms with E-state index in [1.54, 1.807) is 6.20 Å². The summed E-state index contributed by atoms with van der Waals surface area (Å²) in [5.74, 6) is 0.462. The normalized spacial score (nSPS) is 10.9. The summed E-state index contributed by atoms with van der Waals surface area (Å²) in [4.78, 5) is 4.21. The molecule has 0 aliphatic rings. The van der Waals surface area contributed by atoms with E-state index in [0.29, 0.717) is 17.5 Å². The minimum atomic E-state index is 0.437. The van der Waals surface area contributed by atoms with E-state index in [9.17, 15) is 0 Å². The summed E-state index contributed by atoms with van der Waals surface area (Å²) in [7, 11) is 1.88. The summed E-state index contributed by atoms with van der Waals surface area (Å²) in [6, 6.07) is 11.9. The van der Waals surface area contributed by atoms with Crippen LogP contribution in [-0.2, 0) is 6.54 Å². The van der Waals surface area contributed by atoms with Crippen LogP contribution in [0.5, 0.6) is 5.88 Å². The van der Waals surface area contributed by atoms with Gasteiger partial charge in [0.1, 0.15) is 11.6 Å². The van der Waals surface area contributed by atoms with Crippen molar-refractivity contribution in [3.63, 3.8) is 0 Å². The number of ether oxygens (including phenoxy) is 1. The largest absolute Gasteiger partial charge is 0.472 e. The highest BCUT2D eigenvalue weighted by Crippen LogP contribution is 2.22. The Morgan fingerprint density at radius 2 is 2.10 bits per heavy atom. The standard InChI is InChI=1S/C16H17ClN2O/c1-18-11-14-10-15(17)16(19-12-14)20-9-5-8-13-6-3-2-4-7-13/h2-8,10,12,18H,9,11H2,1H3. The van der Waals surface area contributed by atoms with E-state index >= 15 is 0 Å². The fourth-order valence-electron chi connectivity index (χ4n) is 1.75. The van der Waals surface area contributed by atoms with Gasteiger partial charge in [0.25, 0.3) is 0 Å². The van der Waals surface area contributed by atoms with Crippen LogP contribution in [0.15, 0.2) is 48.7 Å². The molecule has 1 heterocycles. The maximum Gasteiger partial charge on any atom is 0.232 e. The van der Waals surface area contributed by atoms with Crippen molar-refractivity contribution >= 4 is 17.7 Å². The van der Waals surface area contributed by atoms with Crippen LogP contribution >= 0.6 is 11.6 Å². The van der Waals surface area contributed by atoms with Crippen LogP contribution < -0.4 is 10.1 Å². The lowest BCUT2D eigenvalue weighted by Gasteiger charge is -2.06. The first-order valence-corrected chi connectivity index (χ1v) is 6.81. The van der Waals surface area contributed by atoms with E-state index in [1.807, 2.05) is 55.6 Å². The zero-order chi connectivity index (χ0) is 14.2. The van der Waals surface area contributed by atoms with Crippen LogP contribution in [0, 0.1) is 0 Å². The van der Waals surface area contributed by atoms with Gasteiger partial charge in [0.2, 0.25) is 5.88 Å². The second-order valence-electron chi connectivity index (χ2n) is 4.28. The molecule has 4 heteroatoms. The Morgan fingerprint density at radius 3 is 2.80 bits per heavy atom. The quantitative estimate of drug-likeness (QED) is 0.883. The van der Waals surface area contributed by atoms with Crippen LogP contribution in [0.2, 0.25) is 5.02 Å². The summed E-state index contributed by atoms with van der Waals surface area (Å²) in [6.45, 7) is 1.17. The van der Waals surface area contributed by atoms with Crippen molar-refractivity contribution in [1.82, 2.24) is 10.3 Å². The molecule has 2 aromatic rings. The number of aromatic nitrogens is 1. The van der Waals surface area contributed by atoms with Crippen molar-refractivity contribution in [1.29, 1.82) is 0 Å². The molecule has 0 aliphatic carbocycles. The fourth-order valence-corrected chi connectivity index (χ4v) is 1.99. The van der Waals surface area contributed by atoms with Gasteiger partial charge >= 0.3 is 0 Å². The number of nitrogens with zero attached hydrogens (tertiary/aromatic N) is 1. The summed E-state index contributed by atoms with van der Waals surface area (Å²) in [6.07, 6.45) is 5.71. The van der Waals surface area contributed by atoms with Crippen molar-refractivity contribution < 1.29 is 4.74 Å². The molecule has 0 atom stereocenters. The lowest BCUT2D eigenvalue weighted by molar-refractivity contribution is 0.349. The molecule has 0 unspecified atom stereocenters. The molecule has 0 saturated carbocycles. The van der Waals surface area contributed by atoms with E-state index in [0.717, 1.165) is 17.7 Å². The van der Waals surface area contributed by atoms with Crippen LogP contribution in [-0.4, -0.2) is 18.6 Å². The second kappa shape index (κ2) is 7.68. The molecule has 0 aliphatic heterocycles. The van der Waals surface area contributed by atoms with Crippen LogP contribution in [0.1, 0.15) is 11.1 Å². The minimum absolute atomic E-state index is 0.437. The molecule has 1 N–H and O–H groups in total. The van der Waals surface area contributed by atoms with Crippen LogP contribution in [0.4, 0.5) is 0 Å². The van der Waals surface area contributed by atoms with Gasteiger partial charge in [-0.15, -0.1) is 0 Å². The molecule has 20 heavy (non-hydrogen) atoms. The number of benzene rings is 1. The maximum absolute atomic E-state index is 6.12. The van der Waals surface area contributed by atoms with E-state index in [-0.39, 0.29) is 0 Å². The van der Waals surface area contributed by atoms with Gasteiger partial charge < -0.3 is 10.1 Å². The van der Waals surface area contributed by atoms with Crippen molar-refractivity contribution in [3.8, 4) is 5.88 Å². The Hall–Kier alpha value is -1.84. The highest BCUT2D eigenvalue weighted by molar-refractivity contribution is 6.31. The van der Waals surface area contributed by atoms with Gasteiger partial charge in [-0.1, -0.05) is 48.0 Å². The summed E-state index contributed by atoms with van der Waals surface area (Å²) in [5.41, 5.74) is 2.17. The molecule has 3 nitrogen and oxygen atoms in total. The van der Waals surface area contributed by atoms with E-state index < -0.39 is 0 Å². The molecule has 0 bridgehead atoms. The molecular formula is C16H17ClN2O. The highest BCUT2D eigenvalue weighted by Gasteiger charge is 2.03. The molecule has 0 saturated heterocycles. The summed E-state index contributed by atoms with van der Waals surface area (Å²) >= 11 is 6.12. The number of nitrogens with one attached hydrogen (secondary N) is 1. The van der Waals surface area contributed by atoms with Crippen molar-refractivity contribution in [2.75, 3.05) is 13.7 Å². The highest BCUT2D eigenvalue weighted by atomic mass is 35.5. The van der Waals surface area contributed by atoms with E-state index in [1.165, 1.54) is 0 Å². The molecule has 1 aromatic heterocycles. The third kappa shape index (κ3) is 4.37. The first-order valence-electron chi connectivity index (χ1n) is 6.43. The molecule has 0 radical (unpaired) electrons. The van der Waals surface area contributed by atoms with Gasteiger partial charge in [-0.05, 0) is 30.3 Å². The average molecular weight is 289 g/mol. The zero-order valence-corrected chi connectivity index (χ0v) is 12.1. The van der Waals surface area contributed by atoms with Crippen molar-refractivity contribution in [3.05, 3.63) is 64.8 Å². The third-order valence-electron chi connectivity index (χ3n) is 2.67. The summed E-state index contributed by atoms with van der Waals surface area (Å²) < 4.78 is 5.54. The fraction of sp³-hybridized carbons (Fsp3) is 0.188. The van der Waals surface area contributed by atoms with Gasteiger partial charge in [0, 0.05) is 12.7 Å². The van der Waals surface area contributed by atoms with Crippen LogP contribution in [0.3, 0.4) is 0 Å². The minimum Gasteiger partial charge on any atom is -0.472 e. The molecule has 0 spiro atoms. The second-order valence-corrected chi connectivity index (χ2v) is 4.69. The lowest BCUT2D eigenvalue weighted by atomic mass is 10.2. The Morgan fingerprint density at radius 1 is 1.30 bits per heavy atom. The monoisotopic (exact) mass is 288 g/mol. The lowest BCUT2D eigenvalue weighted by Crippen LogP contribution is -2.06. The van der Waals surface area contributed by atoms with E-state index in [4.69, 9.17) is 16.3 Å². The van der Waals surface area contributed by atoms with Crippen molar-refractivity contribution in [2.45, 2.75) is 6.54 Å². The number of pyridine rings is 1. The van der Waals surface area contributed by atoms with Crippen molar-refractivity contribution in [2.24, 2.45) is 0 Å². The van der Waals surface area contributed by atoms with Crippen LogP contribution in [0.25, 0.3) is 6.08 Å². The molecule has 0 amide bonds. The van der Waals surface area contributed by atoms with Gasteiger partial charge in [-0.25, -0.2) is 4.98 Å². The number of hydrogen-bond donors (Lipinski definition) is 1. The number of hydrogen-bond acceptors (Lipinski definition) is 3. The van der Waals surface area contributed by atoms with Gasteiger partial charge in [0.05, 0.1) is 0 Å². The average Bonchev–Trinajstić information content (AvgIpc) is 2.47. The molecule has 104 valence electrons. The topological polar surface area (TPSA) is 34.2 Å². The predicted molar refractivity (Wildman–Crippen MR) is 83.0 cm³/mol. The Balaban J connectivity index is 1.89. The van der Waals surface area contributed by atoms with Gasteiger partial charge in [-0.2, -0.15) is 0 Å². The molecule has 2 rings (SSSR count). The number of halogens is 1. The first kappa shape index (κ1) is 14.6. The SMILES string of the molecule is CNCc1cnc(OCC=Cc2ccccc2)c(Cl)c1. The van der Waals surface area contributed by atoms with Gasteiger partial charge in [-0.3, -0.25) is 0 Å². The van der Waals surface area contributed by atoms with Gasteiger partial charge in [0.15, 0.2) is 0 Å². The Bertz CT molecular complexity index is 570. The number of rotatable bonds is 6.